The Morgan fingerprint density at radius 3 is 2.36 bits per heavy atom. The second-order valence-electron chi connectivity index (χ2n) is 4.17. The molecule has 1 nitrogen and oxygen atoms in total. The van der Waals surface area contributed by atoms with E-state index in [4.69, 9.17) is 0 Å². The molecule has 1 saturated heterocycles. The van der Waals surface area contributed by atoms with Crippen molar-refractivity contribution in [3.63, 3.8) is 0 Å². The Morgan fingerprint density at radius 1 is 1.21 bits per heavy atom. The number of hydrogen-bond acceptors (Lipinski definition) is 1. The van der Waals surface area contributed by atoms with Crippen LogP contribution in [-0.4, -0.2) is 10.9 Å². The highest BCUT2D eigenvalue weighted by Crippen LogP contribution is 2.36. The van der Waals surface area contributed by atoms with Gasteiger partial charge in [-0.05, 0) is 26.3 Å². The lowest BCUT2D eigenvalue weighted by atomic mass is 10.2. The average molecular weight is 187 g/mol. The zero-order valence-corrected chi connectivity index (χ0v) is 9.12. The van der Waals surface area contributed by atoms with Gasteiger partial charge in [0.05, 0.1) is 6.04 Å². The maximum atomic E-state index is 2.45. The van der Waals surface area contributed by atoms with E-state index in [1.165, 1.54) is 16.8 Å². The number of allylic oxidation sites excluding steroid dienone is 1. The smallest absolute Gasteiger partial charge is 0.0663 e. The summed E-state index contributed by atoms with van der Waals surface area (Å²) in [6.07, 6.45) is 0. The van der Waals surface area contributed by atoms with Gasteiger partial charge in [0.15, 0.2) is 0 Å². The largest absolute Gasteiger partial charge is 0.361 e. The molecule has 1 heteroatoms. The molecule has 1 aliphatic rings. The van der Waals surface area contributed by atoms with Crippen molar-refractivity contribution in [2.24, 2.45) is 0 Å². The first-order valence-electron chi connectivity index (χ1n) is 5.18. The van der Waals surface area contributed by atoms with E-state index in [1.54, 1.807) is 0 Å². The Kier molecular flexibility index (Phi) is 2.32. The van der Waals surface area contributed by atoms with Gasteiger partial charge >= 0.3 is 0 Å². The van der Waals surface area contributed by atoms with Crippen molar-refractivity contribution in [1.82, 2.24) is 4.90 Å². The van der Waals surface area contributed by atoms with Crippen molar-refractivity contribution in [3.05, 3.63) is 47.2 Å². The highest BCUT2D eigenvalue weighted by molar-refractivity contribution is 5.31. The normalized spacial score (nSPS) is 19.8. The van der Waals surface area contributed by atoms with Crippen LogP contribution in [0.2, 0.25) is 0 Å². The lowest BCUT2D eigenvalue weighted by molar-refractivity contribution is 0.528. The minimum Gasteiger partial charge on any atom is -0.361 e. The van der Waals surface area contributed by atoms with E-state index in [2.05, 4.69) is 56.0 Å². The molecule has 1 fully saturated rings. The van der Waals surface area contributed by atoms with Crippen LogP contribution in [0.4, 0.5) is 0 Å². The monoisotopic (exact) mass is 187 g/mol. The van der Waals surface area contributed by atoms with Crippen LogP contribution in [-0.2, 0) is 6.54 Å². The Bertz CT molecular complexity index is 347. The predicted octanol–water partition coefficient (Wildman–Crippen LogP) is 3.18. The summed E-state index contributed by atoms with van der Waals surface area (Å²) in [5.41, 5.74) is 4.37. The third-order valence-electron chi connectivity index (χ3n) is 2.81. The van der Waals surface area contributed by atoms with E-state index < -0.39 is 0 Å². The average Bonchev–Trinajstić information content (AvgIpc) is 2.78. The molecule has 1 aliphatic heterocycles. The third-order valence-corrected chi connectivity index (χ3v) is 2.81. The first-order valence-corrected chi connectivity index (χ1v) is 5.18. The lowest BCUT2D eigenvalue weighted by Gasteiger charge is -2.02. The second kappa shape index (κ2) is 3.49. The molecule has 0 amide bonds. The Hall–Kier alpha value is -1.24. The summed E-state index contributed by atoms with van der Waals surface area (Å²) in [5, 5.41) is 0. The molecule has 0 saturated carbocycles. The van der Waals surface area contributed by atoms with E-state index in [9.17, 15) is 0 Å². The van der Waals surface area contributed by atoms with Gasteiger partial charge in [0.1, 0.15) is 0 Å². The summed E-state index contributed by atoms with van der Waals surface area (Å²) in [6.45, 7) is 7.71. The van der Waals surface area contributed by atoms with Crippen LogP contribution in [0.3, 0.4) is 0 Å². The minimum atomic E-state index is 0.653. The summed E-state index contributed by atoms with van der Waals surface area (Å²) in [4.78, 5) is 2.45. The summed E-state index contributed by atoms with van der Waals surface area (Å²) < 4.78 is 0. The van der Waals surface area contributed by atoms with Gasteiger partial charge < -0.3 is 4.90 Å². The van der Waals surface area contributed by atoms with Crippen molar-refractivity contribution < 1.29 is 0 Å². The molecule has 0 N–H and O–H groups in total. The number of benzene rings is 1. The SMILES string of the molecule is CC(C)=C1C(C)N1Cc1ccccc1. The molecule has 0 bridgehead atoms. The highest BCUT2D eigenvalue weighted by Gasteiger charge is 2.36. The first-order chi connectivity index (χ1) is 6.70. The van der Waals surface area contributed by atoms with Crippen LogP contribution in [0, 0.1) is 0 Å². The summed E-state index contributed by atoms with van der Waals surface area (Å²) in [7, 11) is 0. The van der Waals surface area contributed by atoms with E-state index in [0.717, 1.165) is 6.54 Å². The number of rotatable bonds is 2. The molecule has 1 aromatic rings. The van der Waals surface area contributed by atoms with Crippen LogP contribution in [0.25, 0.3) is 0 Å². The van der Waals surface area contributed by atoms with Crippen molar-refractivity contribution in [1.29, 1.82) is 0 Å². The summed E-state index contributed by atoms with van der Waals surface area (Å²) >= 11 is 0. The zero-order valence-electron chi connectivity index (χ0n) is 9.12. The molecule has 1 heterocycles. The van der Waals surface area contributed by atoms with Crippen LogP contribution in [0.5, 0.6) is 0 Å². The molecular weight excluding hydrogens is 170 g/mol. The number of nitrogens with zero attached hydrogens (tertiary/aromatic N) is 1. The Morgan fingerprint density at radius 2 is 1.86 bits per heavy atom. The van der Waals surface area contributed by atoms with Crippen molar-refractivity contribution in [2.75, 3.05) is 0 Å². The number of hydrogen-bond donors (Lipinski definition) is 0. The fraction of sp³-hybridized carbons (Fsp3) is 0.385. The van der Waals surface area contributed by atoms with Gasteiger partial charge in [0.25, 0.3) is 0 Å². The van der Waals surface area contributed by atoms with Gasteiger partial charge in [-0.3, -0.25) is 0 Å². The fourth-order valence-electron chi connectivity index (χ4n) is 2.06. The predicted molar refractivity (Wildman–Crippen MR) is 59.8 cm³/mol. The van der Waals surface area contributed by atoms with Gasteiger partial charge in [-0.2, -0.15) is 0 Å². The topological polar surface area (TPSA) is 3.01 Å². The molecule has 0 aromatic heterocycles. The molecule has 0 radical (unpaired) electrons. The van der Waals surface area contributed by atoms with Crippen LogP contribution in [0.15, 0.2) is 41.6 Å². The third kappa shape index (κ3) is 1.67. The van der Waals surface area contributed by atoms with Gasteiger partial charge in [0, 0.05) is 12.2 Å². The molecule has 1 unspecified atom stereocenters. The van der Waals surface area contributed by atoms with Gasteiger partial charge in [-0.25, -0.2) is 0 Å². The molecule has 14 heavy (non-hydrogen) atoms. The first kappa shape index (κ1) is 9.32. The second-order valence-corrected chi connectivity index (χ2v) is 4.17. The maximum absolute atomic E-state index is 2.45. The van der Waals surface area contributed by atoms with Crippen molar-refractivity contribution >= 4 is 0 Å². The van der Waals surface area contributed by atoms with Gasteiger partial charge in [-0.1, -0.05) is 35.9 Å². The minimum absolute atomic E-state index is 0.653. The van der Waals surface area contributed by atoms with Gasteiger partial charge in [0.2, 0.25) is 0 Å². The van der Waals surface area contributed by atoms with Crippen molar-refractivity contribution in [2.45, 2.75) is 33.4 Å². The summed E-state index contributed by atoms with van der Waals surface area (Å²) in [6, 6.07) is 11.3. The quantitative estimate of drug-likeness (QED) is 0.643. The lowest BCUT2D eigenvalue weighted by Crippen LogP contribution is -1.98. The van der Waals surface area contributed by atoms with E-state index >= 15 is 0 Å². The zero-order chi connectivity index (χ0) is 10.1. The molecular formula is C13H17N. The Balaban J connectivity index is 2.06. The summed E-state index contributed by atoms with van der Waals surface area (Å²) in [5.74, 6) is 0. The maximum Gasteiger partial charge on any atom is 0.0663 e. The van der Waals surface area contributed by atoms with E-state index in [0.29, 0.717) is 6.04 Å². The van der Waals surface area contributed by atoms with Crippen LogP contribution >= 0.6 is 0 Å². The molecule has 0 aliphatic carbocycles. The molecule has 74 valence electrons. The highest BCUT2D eigenvalue weighted by atomic mass is 15.3. The molecule has 1 atom stereocenters. The van der Waals surface area contributed by atoms with E-state index in [1.807, 2.05) is 0 Å². The fourth-order valence-corrected chi connectivity index (χ4v) is 2.06. The van der Waals surface area contributed by atoms with Crippen LogP contribution in [0.1, 0.15) is 26.3 Å². The standard InChI is InChI=1S/C13H17N/c1-10(2)13-11(3)14(13)9-12-7-5-4-6-8-12/h4-8,11H,9H2,1-3H3. The van der Waals surface area contributed by atoms with Crippen LogP contribution < -0.4 is 0 Å². The molecule has 1 aromatic carbocycles. The van der Waals surface area contributed by atoms with E-state index in [-0.39, 0.29) is 0 Å². The van der Waals surface area contributed by atoms with Crippen molar-refractivity contribution in [3.8, 4) is 0 Å². The molecule has 0 spiro atoms. The van der Waals surface area contributed by atoms with Gasteiger partial charge in [-0.15, -0.1) is 0 Å². The Labute approximate surface area is 86.1 Å². The molecule has 2 rings (SSSR count).